The first-order chi connectivity index (χ1) is 9.86. The predicted molar refractivity (Wildman–Crippen MR) is 80.8 cm³/mol. The number of carbonyl (C=O) groups excluding carboxylic acids is 2. The summed E-state index contributed by atoms with van der Waals surface area (Å²) in [4.78, 5) is 28.2. The highest BCUT2D eigenvalue weighted by Gasteiger charge is 2.26. The van der Waals surface area contributed by atoms with Gasteiger partial charge in [-0.3, -0.25) is 9.59 Å². The van der Waals surface area contributed by atoms with Gasteiger partial charge < -0.3 is 16.4 Å². The summed E-state index contributed by atoms with van der Waals surface area (Å²) in [6.45, 7) is 5.63. The normalized spacial score (nSPS) is 15.6. The minimum atomic E-state index is -0.574. The molecule has 0 spiro atoms. The maximum Gasteiger partial charge on any atom is 0.252 e. The largest absolute Gasteiger partial charge is 0.384 e. The van der Waals surface area contributed by atoms with Crippen LogP contribution in [0.2, 0.25) is 0 Å². The summed E-state index contributed by atoms with van der Waals surface area (Å²) in [6, 6.07) is 2.94. The molecule has 1 unspecified atom stereocenters. The Balaban J connectivity index is 2.03. The molecular weight excluding hydrogens is 268 g/mol. The van der Waals surface area contributed by atoms with Crippen LogP contribution in [0.4, 0.5) is 5.82 Å². The standard InChI is InChI=1S/C15H22N4O2/c1-8(2)12-6-10(7-13(16)19-12)15(21)17-9(3)14(20)18-11-4-5-11/h6-9,11H,4-5H2,1-3H3,(H2,16,19)(H,17,21)(H,18,20). The quantitative estimate of drug-likeness (QED) is 0.758. The van der Waals surface area contributed by atoms with Crippen molar-refractivity contribution in [3.63, 3.8) is 0 Å². The molecule has 1 aliphatic rings. The molecule has 0 aromatic carbocycles. The fourth-order valence-corrected chi connectivity index (χ4v) is 1.90. The summed E-state index contributed by atoms with van der Waals surface area (Å²) in [5.41, 5.74) is 6.92. The highest BCUT2D eigenvalue weighted by molar-refractivity contribution is 5.98. The Labute approximate surface area is 124 Å². The second-order valence-electron chi connectivity index (χ2n) is 5.84. The zero-order chi connectivity index (χ0) is 15.6. The molecule has 0 aliphatic heterocycles. The molecule has 6 heteroatoms. The number of hydrogen-bond acceptors (Lipinski definition) is 4. The van der Waals surface area contributed by atoms with Crippen molar-refractivity contribution in [2.45, 2.75) is 51.6 Å². The zero-order valence-electron chi connectivity index (χ0n) is 12.6. The SMILES string of the molecule is CC(NC(=O)c1cc(N)nc(C(C)C)c1)C(=O)NC1CC1. The summed E-state index contributed by atoms with van der Waals surface area (Å²) in [6.07, 6.45) is 2.04. The number of aromatic nitrogens is 1. The van der Waals surface area contributed by atoms with Crippen LogP contribution in [0.15, 0.2) is 12.1 Å². The molecular formula is C15H22N4O2. The lowest BCUT2D eigenvalue weighted by molar-refractivity contribution is -0.122. The topological polar surface area (TPSA) is 97.1 Å². The molecule has 2 rings (SSSR count). The predicted octanol–water partition coefficient (Wildman–Crippen LogP) is 1.18. The molecule has 0 saturated heterocycles. The minimum absolute atomic E-state index is 0.156. The zero-order valence-corrected chi connectivity index (χ0v) is 12.6. The lowest BCUT2D eigenvalue weighted by Gasteiger charge is -2.15. The maximum absolute atomic E-state index is 12.2. The number of amides is 2. The number of nitrogens with zero attached hydrogens (tertiary/aromatic N) is 1. The number of anilines is 1. The van der Waals surface area contributed by atoms with E-state index in [1.54, 1.807) is 13.0 Å². The second-order valence-corrected chi connectivity index (χ2v) is 5.84. The van der Waals surface area contributed by atoms with Crippen LogP contribution in [-0.4, -0.2) is 28.9 Å². The average Bonchev–Trinajstić information content (AvgIpc) is 3.21. The van der Waals surface area contributed by atoms with Gasteiger partial charge >= 0.3 is 0 Å². The summed E-state index contributed by atoms with van der Waals surface area (Å²) in [5.74, 6) is 0.0125. The van der Waals surface area contributed by atoms with Gasteiger partial charge in [-0.25, -0.2) is 4.98 Å². The van der Waals surface area contributed by atoms with Crippen molar-refractivity contribution in [2.24, 2.45) is 0 Å². The van der Waals surface area contributed by atoms with Gasteiger partial charge in [0, 0.05) is 17.3 Å². The van der Waals surface area contributed by atoms with E-state index in [0.29, 0.717) is 11.4 Å². The smallest absolute Gasteiger partial charge is 0.252 e. The monoisotopic (exact) mass is 290 g/mol. The molecule has 1 aliphatic carbocycles. The lowest BCUT2D eigenvalue weighted by Crippen LogP contribution is -2.45. The fourth-order valence-electron chi connectivity index (χ4n) is 1.90. The van der Waals surface area contributed by atoms with Crippen LogP contribution < -0.4 is 16.4 Å². The Morgan fingerprint density at radius 3 is 2.52 bits per heavy atom. The van der Waals surface area contributed by atoms with E-state index in [2.05, 4.69) is 15.6 Å². The van der Waals surface area contributed by atoms with E-state index in [9.17, 15) is 9.59 Å². The van der Waals surface area contributed by atoms with Crippen molar-refractivity contribution >= 4 is 17.6 Å². The molecule has 1 aromatic heterocycles. The van der Waals surface area contributed by atoms with E-state index in [1.807, 2.05) is 13.8 Å². The molecule has 1 aromatic rings. The van der Waals surface area contributed by atoms with Gasteiger partial charge in [0.1, 0.15) is 11.9 Å². The van der Waals surface area contributed by atoms with Gasteiger partial charge in [-0.15, -0.1) is 0 Å². The molecule has 0 radical (unpaired) electrons. The molecule has 2 amide bonds. The fraction of sp³-hybridized carbons (Fsp3) is 0.533. The van der Waals surface area contributed by atoms with Crippen LogP contribution in [0.1, 0.15) is 55.6 Å². The summed E-state index contributed by atoms with van der Waals surface area (Å²) in [5, 5.41) is 5.55. The van der Waals surface area contributed by atoms with Crippen molar-refractivity contribution in [3.8, 4) is 0 Å². The molecule has 1 heterocycles. The van der Waals surface area contributed by atoms with E-state index >= 15 is 0 Å². The number of hydrogen-bond donors (Lipinski definition) is 3. The second kappa shape index (κ2) is 6.11. The van der Waals surface area contributed by atoms with Crippen molar-refractivity contribution in [1.82, 2.24) is 15.6 Å². The van der Waals surface area contributed by atoms with Crippen molar-refractivity contribution in [1.29, 1.82) is 0 Å². The molecule has 1 atom stereocenters. The van der Waals surface area contributed by atoms with Crippen LogP contribution in [0, 0.1) is 0 Å². The third-order valence-electron chi connectivity index (χ3n) is 3.38. The maximum atomic E-state index is 12.2. The Hall–Kier alpha value is -2.11. The van der Waals surface area contributed by atoms with Gasteiger partial charge in [-0.05, 0) is 37.8 Å². The number of nitrogens with one attached hydrogen (secondary N) is 2. The van der Waals surface area contributed by atoms with Crippen molar-refractivity contribution in [3.05, 3.63) is 23.4 Å². The highest BCUT2D eigenvalue weighted by Crippen LogP contribution is 2.19. The number of nitrogens with two attached hydrogens (primary N) is 1. The van der Waals surface area contributed by atoms with E-state index in [1.165, 1.54) is 6.07 Å². The van der Waals surface area contributed by atoms with Crippen LogP contribution >= 0.6 is 0 Å². The van der Waals surface area contributed by atoms with E-state index in [-0.39, 0.29) is 23.8 Å². The Morgan fingerprint density at radius 1 is 1.29 bits per heavy atom. The van der Waals surface area contributed by atoms with Crippen molar-refractivity contribution < 1.29 is 9.59 Å². The number of nitrogen functional groups attached to an aromatic ring is 1. The summed E-state index contributed by atoms with van der Waals surface area (Å²) < 4.78 is 0. The van der Waals surface area contributed by atoms with Gasteiger partial charge in [0.2, 0.25) is 5.91 Å². The first-order valence-corrected chi connectivity index (χ1v) is 7.25. The molecule has 0 bridgehead atoms. The van der Waals surface area contributed by atoms with E-state index in [0.717, 1.165) is 18.5 Å². The van der Waals surface area contributed by atoms with Crippen LogP contribution in [0.5, 0.6) is 0 Å². The van der Waals surface area contributed by atoms with Gasteiger partial charge in [0.25, 0.3) is 5.91 Å². The van der Waals surface area contributed by atoms with E-state index in [4.69, 9.17) is 5.73 Å². The molecule has 4 N–H and O–H groups in total. The highest BCUT2D eigenvalue weighted by atomic mass is 16.2. The van der Waals surface area contributed by atoms with E-state index < -0.39 is 6.04 Å². The van der Waals surface area contributed by atoms with Crippen molar-refractivity contribution in [2.75, 3.05) is 5.73 Å². The average molecular weight is 290 g/mol. The molecule has 1 saturated carbocycles. The summed E-state index contributed by atoms with van der Waals surface area (Å²) >= 11 is 0. The number of rotatable bonds is 5. The first kappa shape index (κ1) is 15.3. The Morgan fingerprint density at radius 2 is 1.95 bits per heavy atom. The summed E-state index contributed by atoms with van der Waals surface area (Å²) in [7, 11) is 0. The van der Waals surface area contributed by atoms with Crippen LogP contribution in [-0.2, 0) is 4.79 Å². The van der Waals surface area contributed by atoms with Gasteiger partial charge in [0.15, 0.2) is 0 Å². The Bertz CT molecular complexity index is 553. The molecule has 1 fully saturated rings. The van der Waals surface area contributed by atoms with Crippen LogP contribution in [0.3, 0.4) is 0 Å². The molecule has 21 heavy (non-hydrogen) atoms. The van der Waals surface area contributed by atoms with Gasteiger partial charge in [0.05, 0.1) is 0 Å². The molecule has 114 valence electrons. The van der Waals surface area contributed by atoms with Crippen LogP contribution in [0.25, 0.3) is 0 Å². The number of pyridine rings is 1. The van der Waals surface area contributed by atoms with Gasteiger partial charge in [-0.1, -0.05) is 13.8 Å². The lowest BCUT2D eigenvalue weighted by atomic mass is 10.1. The third kappa shape index (κ3) is 4.18. The minimum Gasteiger partial charge on any atom is -0.384 e. The third-order valence-corrected chi connectivity index (χ3v) is 3.38. The Kier molecular flexibility index (Phi) is 4.45. The first-order valence-electron chi connectivity index (χ1n) is 7.25. The van der Waals surface area contributed by atoms with Gasteiger partial charge in [-0.2, -0.15) is 0 Å². The molecule has 6 nitrogen and oxygen atoms in total. The number of carbonyl (C=O) groups is 2.